The number of nitrogens with one attached hydrogen (secondary N) is 2. The number of hydrogen-bond acceptors (Lipinski definition) is 5. The lowest BCUT2D eigenvalue weighted by molar-refractivity contribution is -0.141. The maximum atomic E-state index is 11.4. The minimum atomic E-state index is -0.510. The topological polar surface area (TPSA) is 93.4 Å². The van der Waals surface area contributed by atoms with Gasteiger partial charge >= 0.3 is 5.97 Å². The van der Waals surface area contributed by atoms with Gasteiger partial charge in [0.25, 0.3) is 0 Å². The highest BCUT2D eigenvalue weighted by molar-refractivity contribution is 5.96. The molecule has 0 aromatic heterocycles. The maximum Gasteiger partial charge on any atom is 0.327 e. The third-order valence-electron chi connectivity index (χ3n) is 3.10. The molecular formula is C13H17N3O3. The second-order valence-corrected chi connectivity index (χ2v) is 4.53. The van der Waals surface area contributed by atoms with Gasteiger partial charge in [0.15, 0.2) is 0 Å². The number of hydrogen-bond donors (Lipinski definition) is 3. The first kappa shape index (κ1) is 13.2. The number of methoxy groups -OCH3 is 1. The number of nitrogen functional groups attached to an aromatic ring is 1. The van der Waals surface area contributed by atoms with E-state index in [1.807, 2.05) is 6.07 Å². The Labute approximate surface area is 111 Å². The fourth-order valence-electron chi connectivity index (χ4n) is 2.04. The molecule has 1 aromatic rings. The molecule has 0 bridgehead atoms. The van der Waals surface area contributed by atoms with E-state index in [9.17, 15) is 9.59 Å². The van der Waals surface area contributed by atoms with E-state index in [-0.39, 0.29) is 11.9 Å². The molecule has 6 heteroatoms. The summed E-state index contributed by atoms with van der Waals surface area (Å²) in [6.07, 6.45) is 1.15. The van der Waals surface area contributed by atoms with Crippen molar-refractivity contribution in [2.24, 2.45) is 0 Å². The van der Waals surface area contributed by atoms with Crippen LogP contribution >= 0.6 is 0 Å². The average Bonchev–Trinajstić information content (AvgIpc) is 2.39. The Morgan fingerprint density at radius 3 is 2.89 bits per heavy atom. The Morgan fingerprint density at radius 1 is 1.47 bits per heavy atom. The van der Waals surface area contributed by atoms with Gasteiger partial charge in [-0.3, -0.25) is 4.79 Å². The molecule has 1 aliphatic heterocycles. The van der Waals surface area contributed by atoms with Crippen LogP contribution in [0.2, 0.25) is 0 Å². The molecule has 6 nitrogen and oxygen atoms in total. The smallest absolute Gasteiger partial charge is 0.327 e. The van der Waals surface area contributed by atoms with Crippen LogP contribution in [0.1, 0.15) is 18.9 Å². The number of ether oxygens (including phenoxy) is 1. The molecule has 1 heterocycles. The lowest BCUT2D eigenvalue weighted by Gasteiger charge is -2.21. The molecule has 0 saturated heterocycles. The van der Waals surface area contributed by atoms with Gasteiger partial charge in [0.05, 0.1) is 18.5 Å². The Morgan fingerprint density at radius 2 is 2.21 bits per heavy atom. The molecule has 1 aliphatic rings. The first-order valence-corrected chi connectivity index (χ1v) is 6.08. The third-order valence-corrected chi connectivity index (χ3v) is 3.10. The van der Waals surface area contributed by atoms with Crippen LogP contribution in [0, 0.1) is 0 Å². The molecule has 0 fully saturated rings. The van der Waals surface area contributed by atoms with Gasteiger partial charge in [-0.25, -0.2) is 4.79 Å². The highest BCUT2D eigenvalue weighted by Crippen LogP contribution is 2.31. The number of rotatable bonds is 3. The van der Waals surface area contributed by atoms with Gasteiger partial charge in [-0.2, -0.15) is 0 Å². The molecule has 1 unspecified atom stereocenters. The second-order valence-electron chi connectivity index (χ2n) is 4.53. The summed E-state index contributed by atoms with van der Waals surface area (Å²) in [6, 6.07) is 3.06. The molecular weight excluding hydrogens is 246 g/mol. The summed E-state index contributed by atoms with van der Waals surface area (Å²) in [5, 5.41) is 5.77. The number of anilines is 3. The summed E-state index contributed by atoms with van der Waals surface area (Å²) in [5.41, 5.74) is 8.85. The summed E-state index contributed by atoms with van der Waals surface area (Å²) < 4.78 is 4.64. The molecule has 19 heavy (non-hydrogen) atoms. The van der Waals surface area contributed by atoms with Gasteiger partial charge < -0.3 is 21.1 Å². The number of carbonyl (C=O) groups is 2. The predicted molar refractivity (Wildman–Crippen MR) is 72.9 cm³/mol. The molecule has 2 rings (SSSR count). The molecule has 102 valence electrons. The van der Waals surface area contributed by atoms with Gasteiger partial charge in [-0.1, -0.05) is 0 Å². The number of benzene rings is 1. The highest BCUT2D eigenvalue weighted by atomic mass is 16.5. The third kappa shape index (κ3) is 2.78. The zero-order valence-electron chi connectivity index (χ0n) is 10.9. The summed E-state index contributed by atoms with van der Waals surface area (Å²) in [7, 11) is 1.33. The van der Waals surface area contributed by atoms with Crippen molar-refractivity contribution < 1.29 is 14.3 Å². The van der Waals surface area contributed by atoms with Crippen molar-refractivity contribution >= 4 is 28.9 Å². The molecule has 0 aliphatic carbocycles. The number of amides is 1. The summed E-state index contributed by atoms with van der Waals surface area (Å²) in [4.78, 5) is 22.7. The zero-order chi connectivity index (χ0) is 14.0. The largest absolute Gasteiger partial charge is 0.467 e. The van der Waals surface area contributed by atoms with Crippen LogP contribution in [0.4, 0.5) is 17.1 Å². The zero-order valence-corrected chi connectivity index (χ0v) is 10.9. The van der Waals surface area contributed by atoms with Crippen molar-refractivity contribution in [3.05, 3.63) is 17.7 Å². The van der Waals surface area contributed by atoms with Crippen molar-refractivity contribution in [3.63, 3.8) is 0 Å². The normalized spacial score (nSPS) is 15.2. The molecule has 1 aromatic carbocycles. The Hall–Kier alpha value is -2.24. The highest BCUT2D eigenvalue weighted by Gasteiger charge is 2.19. The Bertz CT molecular complexity index is 528. The number of nitrogens with two attached hydrogens (primary N) is 1. The number of carbonyl (C=O) groups excluding carboxylic acids is 2. The van der Waals surface area contributed by atoms with E-state index in [1.54, 1.807) is 13.0 Å². The minimum Gasteiger partial charge on any atom is -0.467 e. The van der Waals surface area contributed by atoms with Gasteiger partial charge in [-0.15, -0.1) is 0 Å². The van der Waals surface area contributed by atoms with E-state index < -0.39 is 6.04 Å². The monoisotopic (exact) mass is 263 g/mol. The molecule has 4 N–H and O–H groups in total. The SMILES string of the molecule is COC(=O)C(C)Nc1cc2c(cc1N)CCC(=O)N2. The molecule has 0 saturated carbocycles. The Balaban J connectivity index is 2.24. The van der Waals surface area contributed by atoms with E-state index in [0.717, 1.165) is 11.3 Å². The summed E-state index contributed by atoms with van der Waals surface area (Å²) >= 11 is 0. The van der Waals surface area contributed by atoms with Crippen LogP contribution in [0.15, 0.2) is 12.1 Å². The number of esters is 1. The lowest BCUT2D eigenvalue weighted by Crippen LogP contribution is -2.28. The molecule has 1 atom stereocenters. The van der Waals surface area contributed by atoms with Gasteiger partial charge in [0, 0.05) is 12.1 Å². The van der Waals surface area contributed by atoms with Crippen LogP contribution in [-0.4, -0.2) is 25.0 Å². The van der Waals surface area contributed by atoms with Gasteiger partial charge in [-0.05, 0) is 31.0 Å². The second kappa shape index (κ2) is 5.17. The van der Waals surface area contributed by atoms with Crippen LogP contribution in [0.25, 0.3) is 0 Å². The van der Waals surface area contributed by atoms with Crippen LogP contribution in [0.5, 0.6) is 0 Å². The molecule has 0 radical (unpaired) electrons. The van der Waals surface area contributed by atoms with Gasteiger partial charge in [0.1, 0.15) is 6.04 Å². The molecule has 1 amide bonds. The summed E-state index contributed by atoms with van der Waals surface area (Å²) in [6.45, 7) is 1.68. The van der Waals surface area contributed by atoms with Crippen molar-refractivity contribution in [1.82, 2.24) is 0 Å². The quantitative estimate of drug-likeness (QED) is 0.561. The van der Waals surface area contributed by atoms with Crippen molar-refractivity contribution in [2.45, 2.75) is 25.8 Å². The molecule has 0 spiro atoms. The fourth-order valence-corrected chi connectivity index (χ4v) is 2.04. The van der Waals surface area contributed by atoms with Crippen molar-refractivity contribution in [1.29, 1.82) is 0 Å². The van der Waals surface area contributed by atoms with Crippen LogP contribution in [-0.2, 0) is 20.7 Å². The van der Waals surface area contributed by atoms with E-state index >= 15 is 0 Å². The van der Waals surface area contributed by atoms with Crippen LogP contribution in [0.3, 0.4) is 0 Å². The van der Waals surface area contributed by atoms with Crippen molar-refractivity contribution in [3.8, 4) is 0 Å². The first-order chi connectivity index (χ1) is 9.01. The first-order valence-electron chi connectivity index (χ1n) is 6.08. The predicted octanol–water partition coefficient (Wildman–Crippen LogP) is 1.13. The van der Waals surface area contributed by atoms with Crippen LogP contribution < -0.4 is 16.4 Å². The number of aryl methyl sites for hydroxylation is 1. The number of fused-ring (bicyclic) bond motifs is 1. The van der Waals surface area contributed by atoms with E-state index in [0.29, 0.717) is 24.2 Å². The van der Waals surface area contributed by atoms with E-state index in [1.165, 1.54) is 7.11 Å². The standard InChI is InChI=1S/C13H17N3O3/c1-7(13(18)19-2)15-11-6-10-8(5-9(11)14)3-4-12(17)16-10/h5-7,15H,3-4,14H2,1-2H3,(H,16,17). The van der Waals surface area contributed by atoms with E-state index in [2.05, 4.69) is 15.4 Å². The fraction of sp³-hybridized carbons (Fsp3) is 0.385. The van der Waals surface area contributed by atoms with Crippen molar-refractivity contribution in [2.75, 3.05) is 23.5 Å². The maximum absolute atomic E-state index is 11.4. The van der Waals surface area contributed by atoms with E-state index in [4.69, 9.17) is 5.73 Å². The lowest BCUT2D eigenvalue weighted by atomic mass is 10.0. The van der Waals surface area contributed by atoms with Gasteiger partial charge in [0.2, 0.25) is 5.91 Å². The minimum absolute atomic E-state index is 0.00996. The Kier molecular flexibility index (Phi) is 3.59. The summed E-state index contributed by atoms with van der Waals surface area (Å²) in [5.74, 6) is -0.384. The average molecular weight is 263 g/mol.